The fraction of sp³-hybridized carbons (Fsp3) is 0. The van der Waals surface area contributed by atoms with E-state index in [2.05, 4.69) is 94.1 Å². The van der Waals surface area contributed by atoms with E-state index in [1.165, 1.54) is 0 Å². The molecule has 0 saturated carbocycles. The van der Waals surface area contributed by atoms with E-state index in [9.17, 15) is 21.0 Å². The second-order valence-corrected chi connectivity index (χ2v) is 12.4. The molecule has 0 N–H and O–H groups in total. The Morgan fingerprint density at radius 2 is 0.808 bits per heavy atom. The van der Waals surface area contributed by atoms with Crippen LogP contribution in [0.25, 0.3) is 77.5 Å². The summed E-state index contributed by atoms with van der Waals surface area (Å²) in [4.78, 5) is 9.59. The van der Waals surface area contributed by atoms with Crippen molar-refractivity contribution in [3.05, 3.63) is 156 Å². The predicted octanol–water partition coefficient (Wildman–Crippen LogP) is 9.49. The molecule has 0 radical (unpaired) electrons. The van der Waals surface area contributed by atoms with Crippen LogP contribution in [0.15, 0.2) is 134 Å². The van der Waals surface area contributed by atoms with Gasteiger partial charge in [0.1, 0.15) is 24.3 Å². The first-order valence-corrected chi connectivity index (χ1v) is 16.4. The van der Waals surface area contributed by atoms with Crippen LogP contribution in [0.5, 0.6) is 0 Å². The van der Waals surface area contributed by atoms with E-state index >= 15 is 0 Å². The quantitative estimate of drug-likeness (QED) is 0.184. The molecule has 8 nitrogen and oxygen atoms in total. The van der Waals surface area contributed by atoms with Crippen LogP contribution in [-0.4, -0.2) is 19.1 Å². The van der Waals surface area contributed by atoms with Gasteiger partial charge in [-0.15, -0.1) is 0 Å². The molecule has 0 amide bonds. The summed E-state index contributed by atoms with van der Waals surface area (Å²) < 4.78 is 4.43. The number of rotatable bonds is 4. The van der Waals surface area contributed by atoms with E-state index < -0.39 is 0 Å². The van der Waals surface area contributed by atoms with Gasteiger partial charge in [0.15, 0.2) is 0 Å². The van der Waals surface area contributed by atoms with Crippen LogP contribution in [0.3, 0.4) is 0 Å². The molecule has 0 aliphatic heterocycles. The van der Waals surface area contributed by atoms with E-state index in [0.717, 1.165) is 77.5 Å². The van der Waals surface area contributed by atoms with Crippen molar-refractivity contribution in [1.29, 1.82) is 21.0 Å². The van der Waals surface area contributed by atoms with Crippen molar-refractivity contribution < 1.29 is 0 Å². The van der Waals surface area contributed by atoms with Gasteiger partial charge in [-0.25, -0.2) is 0 Å². The summed E-state index contributed by atoms with van der Waals surface area (Å²) in [6.07, 6.45) is 3.59. The van der Waals surface area contributed by atoms with E-state index in [1.807, 2.05) is 36.4 Å². The van der Waals surface area contributed by atoms with Crippen LogP contribution in [0.2, 0.25) is 0 Å². The zero-order chi connectivity index (χ0) is 35.3. The smallest absolute Gasteiger partial charge is 0.101 e. The maximum absolute atomic E-state index is 9.63. The molecule has 0 bridgehead atoms. The number of hydrogen-bond acceptors (Lipinski definition) is 6. The third kappa shape index (κ3) is 4.58. The van der Waals surface area contributed by atoms with Gasteiger partial charge in [-0.05, 0) is 113 Å². The normalized spacial score (nSPS) is 11.0. The lowest BCUT2D eigenvalue weighted by molar-refractivity contribution is 1.13. The van der Waals surface area contributed by atoms with Gasteiger partial charge in [0.05, 0.1) is 55.4 Å². The fourth-order valence-electron chi connectivity index (χ4n) is 7.18. The topological polar surface area (TPSA) is 131 Å². The Kier molecular flexibility index (Phi) is 6.84. The van der Waals surface area contributed by atoms with Crippen molar-refractivity contribution in [2.75, 3.05) is 0 Å². The molecule has 8 heteroatoms. The standard InChI is InChI=1S/C44H22N8/c45-23-31-10-8-27(18-33(31)25-47)29-12-14-39-37(20-29)43-41(6-2-16-49-43)51(39)35-4-1-5-36(22-35)52-40-15-13-30(21-38(40)44-42(52)7-3-17-50-44)28-9-11-32(24-46)34(19-28)26-48/h1-22H. The molecule has 0 unspecified atom stereocenters. The van der Waals surface area contributed by atoms with Gasteiger partial charge in [0, 0.05) is 34.5 Å². The summed E-state index contributed by atoms with van der Waals surface area (Å²) in [6, 6.07) is 47.9. The molecule has 9 rings (SSSR count). The number of nitriles is 4. The molecule has 0 aliphatic carbocycles. The Morgan fingerprint density at radius 3 is 1.25 bits per heavy atom. The predicted molar refractivity (Wildman–Crippen MR) is 200 cm³/mol. The summed E-state index contributed by atoms with van der Waals surface area (Å²) in [7, 11) is 0. The third-order valence-electron chi connectivity index (χ3n) is 9.57. The molecule has 0 aliphatic rings. The summed E-state index contributed by atoms with van der Waals surface area (Å²) >= 11 is 0. The summed E-state index contributed by atoms with van der Waals surface area (Å²) in [6.45, 7) is 0. The Balaban J connectivity index is 1.21. The van der Waals surface area contributed by atoms with Crippen molar-refractivity contribution in [3.8, 4) is 57.9 Å². The molecule has 52 heavy (non-hydrogen) atoms. The van der Waals surface area contributed by atoms with Crippen LogP contribution in [-0.2, 0) is 0 Å². The van der Waals surface area contributed by atoms with Crippen LogP contribution < -0.4 is 0 Å². The molecule has 4 aromatic heterocycles. The number of aromatic nitrogens is 4. The Labute approximate surface area is 297 Å². The maximum Gasteiger partial charge on any atom is 0.101 e. The highest BCUT2D eigenvalue weighted by molar-refractivity contribution is 6.10. The molecule has 238 valence electrons. The minimum atomic E-state index is 0.344. The van der Waals surface area contributed by atoms with Crippen molar-refractivity contribution in [3.63, 3.8) is 0 Å². The van der Waals surface area contributed by atoms with Crippen LogP contribution >= 0.6 is 0 Å². The highest BCUT2D eigenvalue weighted by atomic mass is 15.0. The summed E-state index contributed by atoms with van der Waals surface area (Å²) in [5.41, 5.74) is 12.5. The molecule has 5 aromatic carbocycles. The van der Waals surface area contributed by atoms with Crippen molar-refractivity contribution in [2.24, 2.45) is 0 Å². The second kappa shape index (κ2) is 11.8. The number of fused-ring (bicyclic) bond motifs is 6. The molecular weight excluding hydrogens is 641 g/mol. The Hall–Kier alpha value is -8.04. The van der Waals surface area contributed by atoms with Gasteiger partial charge in [0.2, 0.25) is 0 Å². The average Bonchev–Trinajstić information content (AvgIpc) is 3.72. The largest absolute Gasteiger partial charge is 0.308 e. The van der Waals surface area contributed by atoms with Crippen molar-refractivity contribution >= 4 is 43.9 Å². The van der Waals surface area contributed by atoms with Gasteiger partial charge in [-0.2, -0.15) is 21.0 Å². The SMILES string of the molecule is N#Cc1ccc(-c2ccc3c(c2)c2ncccc2n3-c2cccc(-n3c4ccc(-c5ccc(C#N)c(C#N)c5)cc4c4ncccc43)c2)cc1C#N. The lowest BCUT2D eigenvalue weighted by atomic mass is 9.99. The van der Waals surface area contributed by atoms with Gasteiger partial charge >= 0.3 is 0 Å². The molecule has 9 aromatic rings. The molecule has 0 spiro atoms. The number of pyridine rings is 2. The monoisotopic (exact) mass is 662 g/mol. The number of nitrogens with zero attached hydrogens (tertiary/aromatic N) is 8. The van der Waals surface area contributed by atoms with E-state index in [1.54, 1.807) is 36.7 Å². The first-order chi connectivity index (χ1) is 25.6. The van der Waals surface area contributed by atoms with Gasteiger partial charge in [-0.3, -0.25) is 9.97 Å². The van der Waals surface area contributed by atoms with Crippen LogP contribution in [0, 0.1) is 45.3 Å². The van der Waals surface area contributed by atoms with Crippen molar-refractivity contribution in [2.45, 2.75) is 0 Å². The lowest BCUT2D eigenvalue weighted by Crippen LogP contribution is -1.98. The second-order valence-electron chi connectivity index (χ2n) is 12.4. The van der Waals surface area contributed by atoms with Crippen LogP contribution in [0.1, 0.15) is 22.3 Å². The average molecular weight is 663 g/mol. The molecule has 4 heterocycles. The zero-order valence-corrected chi connectivity index (χ0v) is 27.3. The molecule has 0 fully saturated rings. The maximum atomic E-state index is 9.63. The highest BCUT2D eigenvalue weighted by Crippen LogP contribution is 2.37. The van der Waals surface area contributed by atoms with E-state index in [0.29, 0.717) is 22.3 Å². The lowest BCUT2D eigenvalue weighted by Gasteiger charge is -2.13. The Bertz CT molecular complexity index is 2930. The van der Waals surface area contributed by atoms with Gasteiger partial charge in [-0.1, -0.05) is 30.3 Å². The molecule has 0 saturated heterocycles. The summed E-state index contributed by atoms with van der Waals surface area (Å²) in [5, 5.41) is 40.0. The number of benzene rings is 5. The minimum absolute atomic E-state index is 0.344. The van der Waals surface area contributed by atoms with Crippen LogP contribution in [0.4, 0.5) is 0 Å². The van der Waals surface area contributed by atoms with Gasteiger partial charge in [0.25, 0.3) is 0 Å². The Morgan fingerprint density at radius 1 is 0.385 bits per heavy atom. The first-order valence-electron chi connectivity index (χ1n) is 16.4. The number of hydrogen-bond donors (Lipinski definition) is 0. The highest BCUT2D eigenvalue weighted by Gasteiger charge is 2.18. The summed E-state index contributed by atoms with van der Waals surface area (Å²) in [5.74, 6) is 0. The first kappa shape index (κ1) is 30.1. The van der Waals surface area contributed by atoms with E-state index in [-0.39, 0.29) is 0 Å². The third-order valence-corrected chi connectivity index (χ3v) is 9.57. The van der Waals surface area contributed by atoms with Crippen molar-refractivity contribution in [1.82, 2.24) is 19.1 Å². The van der Waals surface area contributed by atoms with Gasteiger partial charge < -0.3 is 9.13 Å². The zero-order valence-electron chi connectivity index (χ0n) is 27.3. The molecular formula is C44H22N8. The minimum Gasteiger partial charge on any atom is -0.308 e. The van der Waals surface area contributed by atoms with E-state index in [4.69, 9.17) is 9.97 Å². The molecule has 0 atom stereocenters. The fourth-order valence-corrected chi connectivity index (χ4v) is 7.18.